The fraction of sp³-hybridized carbons (Fsp3) is 0.412. The van der Waals surface area contributed by atoms with Gasteiger partial charge in [0.15, 0.2) is 5.13 Å². The van der Waals surface area contributed by atoms with E-state index in [0.29, 0.717) is 12.1 Å². The van der Waals surface area contributed by atoms with Gasteiger partial charge in [-0.2, -0.15) is 0 Å². The molecule has 7 heteroatoms. The predicted molar refractivity (Wildman–Crippen MR) is 99.1 cm³/mol. The Hall–Kier alpha value is -2.12. The molecule has 0 aliphatic carbocycles. The van der Waals surface area contributed by atoms with Gasteiger partial charge in [-0.1, -0.05) is 17.4 Å². The quantitative estimate of drug-likeness (QED) is 0.715. The highest BCUT2D eigenvalue weighted by atomic mass is 32.1. The Morgan fingerprint density at radius 1 is 1.33 bits per heavy atom. The Balaban J connectivity index is 2.12. The summed E-state index contributed by atoms with van der Waals surface area (Å²) in [6, 6.07) is 5.60. The summed E-state index contributed by atoms with van der Waals surface area (Å²) in [7, 11) is 3.96. The van der Waals surface area contributed by atoms with Gasteiger partial charge in [-0.25, -0.2) is 4.98 Å². The summed E-state index contributed by atoms with van der Waals surface area (Å²) in [5.74, 6) is -0.172. The van der Waals surface area contributed by atoms with E-state index in [0.717, 1.165) is 22.1 Å². The number of hydrogen-bond donors (Lipinski definition) is 3. The molecule has 0 aliphatic heterocycles. The van der Waals surface area contributed by atoms with Gasteiger partial charge in [0.05, 0.1) is 18.8 Å². The average molecular weight is 348 g/mol. The second kappa shape index (κ2) is 8.12. The molecule has 0 unspecified atom stereocenters. The molecular weight excluding hydrogens is 324 g/mol. The van der Waals surface area contributed by atoms with Crippen molar-refractivity contribution in [3.05, 3.63) is 39.9 Å². The Kier molecular flexibility index (Phi) is 6.16. The number of anilines is 2. The van der Waals surface area contributed by atoms with Crippen molar-refractivity contribution >= 4 is 28.1 Å². The minimum absolute atomic E-state index is 0.0679. The highest BCUT2D eigenvalue weighted by molar-refractivity contribution is 7.15. The Bertz CT molecular complexity index is 713. The first-order valence-electron chi connectivity index (χ1n) is 7.80. The van der Waals surface area contributed by atoms with Gasteiger partial charge in [0.1, 0.15) is 0 Å². The smallest absolute Gasteiger partial charge is 0.251 e. The topological polar surface area (TPSA) is 77.5 Å². The molecule has 1 aromatic carbocycles. The summed E-state index contributed by atoms with van der Waals surface area (Å²) < 4.78 is 0. The summed E-state index contributed by atoms with van der Waals surface area (Å²) in [6.45, 7) is 4.78. The van der Waals surface area contributed by atoms with Crippen molar-refractivity contribution in [1.82, 2.24) is 10.3 Å². The summed E-state index contributed by atoms with van der Waals surface area (Å²) in [5, 5.41) is 15.9. The lowest BCUT2D eigenvalue weighted by Gasteiger charge is -2.13. The van der Waals surface area contributed by atoms with Crippen LogP contribution < -0.4 is 15.5 Å². The van der Waals surface area contributed by atoms with Crippen LogP contribution in [0.3, 0.4) is 0 Å². The van der Waals surface area contributed by atoms with E-state index in [4.69, 9.17) is 5.11 Å². The number of aliphatic hydroxyl groups is 1. The maximum Gasteiger partial charge on any atom is 0.251 e. The van der Waals surface area contributed by atoms with Gasteiger partial charge >= 0.3 is 0 Å². The molecule has 0 spiro atoms. The largest absolute Gasteiger partial charge is 0.395 e. The van der Waals surface area contributed by atoms with E-state index in [2.05, 4.69) is 15.6 Å². The van der Waals surface area contributed by atoms with Crippen molar-refractivity contribution in [2.45, 2.75) is 20.4 Å². The van der Waals surface area contributed by atoms with Crippen LogP contribution in [0.15, 0.2) is 18.2 Å². The number of benzene rings is 1. The molecule has 0 saturated heterocycles. The zero-order chi connectivity index (χ0) is 17.7. The highest BCUT2D eigenvalue weighted by Gasteiger charge is 2.13. The number of rotatable bonds is 7. The Labute approximate surface area is 146 Å². The minimum Gasteiger partial charge on any atom is -0.395 e. The lowest BCUT2D eigenvalue weighted by atomic mass is 10.1. The minimum atomic E-state index is -0.172. The van der Waals surface area contributed by atoms with Gasteiger partial charge in [0.2, 0.25) is 0 Å². The third kappa shape index (κ3) is 4.24. The van der Waals surface area contributed by atoms with Gasteiger partial charge < -0.3 is 20.6 Å². The molecule has 0 fully saturated rings. The number of amides is 1. The second-order valence-electron chi connectivity index (χ2n) is 5.71. The average Bonchev–Trinajstić information content (AvgIpc) is 2.93. The number of carbonyl (C=O) groups is 1. The van der Waals surface area contributed by atoms with Gasteiger partial charge in [0, 0.05) is 36.8 Å². The summed E-state index contributed by atoms with van der Waals surface area (Å²) in [5.41, 5.74) is 3.45. The van der Waals surface area contributed by atoms with Crippen LogP contribution in [-0.4, -0.2) is 43.2 Å². The molecule has 2 rings (SSSR count). The number of carbonyl (C=O) groups excluding carboxylic acids is 1. The molecule has 0 aliphatic rings. The predicted octanol–water partition coefficient (Wildman–Crippen LogP) is 2.16. The van der Waals surface area contributed by atoms with Crippen LogP contribution >= 0.6 is 11.3 Å². The monoisotopic (exact) mass is 348 g/mol. The molecular formula is C17H24N4O2S. The number of nitrogens with one attached hydrogen (secondary N) is 2. The maximum atomic E-state index is 12.1. The van der Waals surface area contributed by atoms with E-state index < -0.39 is 0 Å². The number of aliphatic hydroxyl groups excluding tert-OH is 1. The summed E-state index contributed by atoms with van der Waals surface area (Å²) in [4.78, 5) is 19.8. The highest BCUT2D eigenvalue weighted by Crippen LogP contribution is 2.26. The molecule has 1 heterocycles. The summed E-state index contributed by atoms with van der Waals surface area (Å²) in [6.07, 6.45) is 0. The number of aryl methyl sites for hydroxylation is 1. The molecule has 0 bridgehead atoms. The first-order valence-corrected chi connectivity index (χ1v) is 8.62. The molecule has 3 N–H and O–H groups in total. The fourth-order valence-electron chi connectivity index (χ4n) is 2.28. The third-order valence-electron chi connectivity index (χ3n) is 3.68. The molecule has 1 aromatic heterocycles. The van der Waals surface area contributed by atoms with E-state index in [9.17, 15) is 4.79 Å². The number of aromatic nitrogens is 1. The van der Waals surface area contributed by atoms with Gasteiger partial charge in [0.25, 0.3) is 5.91 Å². The zero-order valence-electron chi connectivity index (χ0n) is 14.5. The lowest BCUT2D eigenvalue weighted by Crippen LogP contribution is -2.27. The summed E-state index contributed by atoms with van der Waals surface area (Å²) >= 11 is 1.66. The van der Waals surface area contributed by atoms with E-state index >= 15 is 0 Å². The van der Waals surface area contributed by atoms with Crippen molar-refractivity contribution in [2.75, 3.05) is 37.5 Å². The molecule has 1 amide bonds. The van der Waals surface area contributed by atoms with E-state index in [1.807, 2.05) is 45.0 Å². The molecule has 0 atom stereocenters. The molecule has 0 saturated carbocycles. The Morgan fingerprint density at radius 3 is 2.71 bits per heavy atom. The zero-order valence-corrected chi connectivity index (χ0v) is 15.3. The normalized spacial score (nSPS) is 10.5. The molecule has 0 radical (unpaired) electrons. The van der Waals surface area contributed by atoms with E-state index in [1.54, 1.807) is 17.4 Å². The van der Waals surface area contributed by atoms with Gasteiger partial charge in [-0.05, 0) is 31.5 Å². The van der Waals surface area contributed by atoms with Crippen molar-refractivity contribution in [3.8, 4) is 0 Å². The van der Waals surface area contributed by atoms with Crippen molar-refractivity contribution in [1.29, 1.82) is 0 Å². The van der Waals surface area contributed by atoms with E-state index in [-0.39, 0.29) is 19.1 Å². The number of nitrogens with zero attached hydrogens (tertiary/aromatic N) is 2. The Morgan fingerprint density at radius 2 is 2.08 bits per heavy atom. The fourth-order valence-corrected chi connectivity index (χ4v) is 3.20. The van der Waals surface area contributed by atoms with Gasteiger partial charge in [-0.3, -0.25) is 4.79 Å². The second-order valence-corrected chi connectivity index (χ2v) is 6.77. The lowest BCUT2D eigenvalue weighted by molar-refractivity contribution is 0.0944. The molecule has 6 nitrogen and oxygen atoms in total. The molecule has 2 aromatic rings. The van der Waals surface area contributed by atoms with Crippen LogP contribution in [0.1, 0.15) is 26.5 Å². The van der Waals surface area contributed by atoms with Crippen LogP contribution in [0.5, 0.6) is 0 Å². The van der Waals surface area contributed by atoms with Crippen molar-refractivity contribution < 1.29 is 9.90 Å². The third-order valence-corrected chi connectivity index (χ3v) is 5.00. The number of thiazole rings is 1. The first-order chi connectivity index (χ1) is 11.4. The van der Waals surface area contributed by atoms with E-state index in [1.165, 1.54) is 4.88 Å². The number of hydrogen-bond acceptors (Lipinski definition) is 6. The van der Waals surface area contributed by atoms with Crippen LogP contribution in [0, 0.1) is 13.8 Å². The first kappa shape index (κ1) is 18.2. The molecule has 130 valence electrons. The standard InChI is InChI=1S/C17H24N4O2S/c1-11-13(16(23)18-8-9-22)6-5-7-14(11)19-10-15-12(2)20-17(24-15)21(3)4/h5-7,19,22H,8-10H2,1-4H3,(H,18,23). The van der Waals surface area contributed by atoms with Gasteiger partial charge in [-0.15, -0.1) is 0 Å². The van der Waals surface area contributed by atoms with Crippen LogP contribution in [0.2, 0.25) is 0 Å². The van der Waals surface area contributed by atoms with Crippen LogP contribution in [0.25, 0.3) is 0 Å². The van der Waals surface area contributed by atoms with Crippen molar-refractivity contribution in [3.63, 3.8) is 0 Å². The van der Waals surface area contributed by atoms with Crippen molar-refractivity contribution in [2.24, 2.45) is 0 Å². The maximum absolute atomic E-state index is 12.1. The van der Waals surface area contributed by atoms with Crippen LogP contribution in [-0.2, 0) is 6.54 Å². The SMILES string of the molecule is Cc1nc(N(C)C)sc1CNc1cccc(C(=O)NCCO)c1C. The molecule has 24 heavy (non-hydrogen) atoms. The van der Waals surface area contributed by atoms with Crippen LogP contribution in [0.4, 0.5) is 10.8 Å².